The van der Waals surface area contributed by atoms with E-state index in [2.05, 4.69) is 28.6 Å². The summed E-state index contributed by atoms with van der Waals surface area (Å²) in [6.07, 6.45) is 1.86. The van der Waals surface area contributed by atoms with Crippen molar-refractivity contribution < 1.29 is 15.0 Å². The number of hydrogen-bond donors (Lipinski definition) is 4. The number of nitrogens with one attached hydrogen (secondary N) is 2. The van der Waals surface area contributed by atoms with Gasteiger partial charge >= 0.3 is 5.97 Å². The monoisotopic (exact) mass is 343 g/mol. The van der Waals surface area contributed by atoms with Crippen LogP contribution in [0.4, 0.5) is 0 Å². The summed E-state index contributed by atoms with van der Waals surface area (Å²) < 4.78 is 0. The molecule has 0 aliphatic rings. The molecule has 25 heavy (non-hydrogen) atoms. The molecular formula is C19H25N3O3. The van der Waals surface area contributed by atoms with Crippen molar-refractivity contribution in [2.75, 3.05) is 6.54 Å². The average Bonchev–Trinajstić information content (AvgIpc) is 2.57. The summed E-state index contributed by atoms with van der Waals surface area (Å²) in [6.45, 7) is 5.70. The Kier molecular flexibility index (Phi) is 7.06. The Bertz CT molecular complexity index is 732. The zero-order chi connectivity index (χ0) is 18.2. The average molecular weight is 343 g/mol. The van der Waals surface area contributed by atoms with E-state index in [1.165, 1.54) is 0 Å². The van der Waals surface area contributed by atoms with Gasteiger partial charge in [0.15, 0.2) is 0 Å². The molecule has 6 nitrogen and oxygen atoms in total. The molecule has 0 saturated carbocycles. The summed E-state index contributed by atoms with van der Waals surface area (Å²) in [4.78, 5) is 15.0. The summed E-state index contributed by atoms with van der Waals surface area (Å²) in [5.41, 5.74) is 6.14. The first-order valence-electron chi connectivity index (χ1n) is 8.26. The van der Waals surface area contributed by atoms with Crippen LogP contribution in [0.15, 0.2) is 30.5 Å². The third-order valence-corrected chi connectivity index (χ3v) is 3.98. The number of pyridine rings is 1. The van der Waals surface area contributed by atoms with Gasteiger partial charge in [0.1, 0.15) is 0 Å². The maximum atomic E-state index is 10.5. The van der Waals surface area contributed by atoms with E-state index in [1.54, 1.807) is 0 Å². The number of carboxylic acid groups (broad SMARTS) is 1. The van der Waals surface area contributed by atoms with Crippen LogP contribution in [0.5, 0.6) is 0 Å². The van der Waals surface area contributed by atoms with Crippen LogP contribution < -0.4 is 10.6 Å². The second kappa shape index (κ2) is 9.27. The fourth-order valence-corrected chi connectivity index (χ4v) is 2.67. The summed E-state index contributed by atoms with van der Waals surface area (Å²) in [5.74, 6) is -0.886. The van der Waals surface area contributed by atoms with Crippen molar-refractivity contribution >= 4 is 5.97 Å². The molecule has 0 bridgehead atoms. The third-order valence-electron chi connectivity index (χ3n) is 3.98. The first kappa shape index (κ1) is 19.1. The maximum Gasteiger partial charge on any atom is 0.317 e. The van der Waals surface area contributed by atoms with Crippen molar-refractivity contribution in [1.82, 2.24) is 15.6 Å². The number of benzene rings is 1. The highest BCUT2D eigenvalue weighted by Crippen LogP contribution is 2.13. The van der Waals surface area contributed by atoms with Gasteiger partial charge < -0.3 is 20.8 Å². The number of aliphatic hydroxyl groups excluding tert-OH is 1. The molecule has 0 atom stereocenters. The molecule has 1 aromatic carbocycles. The number of rotatable bonds is 9. The Labute approximate surface area is 147 Å². The van der Waals surface area contributed by atoms with Crippen molar-refractivity contribution in [3.8, 4) is 0 Å². The van der Waals surface area contributed by atoms with E-state index in [9.17, 15) is 9.90 Å². The van der Waals surface area contributed by atoms with Gasteiger partial charge in [-0.2, -0.15) is 0 Å². The van der Waals surface area contributed by atoms with E-state index >= 15 is 0 Å². The lowest BCUT2D eigenvalue weighted by molar-refractivity contribution is -0.135. The van der Waals surface area contributed by atoms with Crippen molar-refractivity contribution in [3.05, 3.63) is 64.0 Å². The van der Waals surface area contributed by atoms with Crippen LogP contribution in [0.1, 0.15) is 33.5 Å². The molecule has 1 heterocycles. The van der Waals surface area contributed by atoms with Crippen LogP contribution in [-0.4, -0.2) is 27.7 Å². The second-order valence-corrected chi connectivity index (χ2v) is 6.14. The predicted octanol–water partition coefficient (Wildman–Crippen LogP) is 1.65. The molecule has 2 rings (SSSR count). The molecule has 4 N–H and O–H groups in total. The van der Waals surface area contributed by atoms with E-state index in [0.29, 0.717) is 19.6 Å². The zero-order valence-corrected chi connectivity index (χ0v) is 14.7. The highest BCUT2D eigenvalue weighted by molar-refractivity contribution is 5.69. The van der Waals surface area contributed by atoms with Crippen LogP contribution in [0.2, 0.25) is 0 Å². The Morgan fingerprint density at radius 3 is 2.56 bits per heavy atom. The topological polar surface area (TPSA) is 94.5 Å². The zero-order valence-electron chi connectivity index (χ0n) is 14.7. The number of aromatic nitrogens is 1. The molecule has 0 unspecified atom stereocenters. The highest BCUT2D eigenvalue weighted by Gasteiger charge is 2.06. The molecule has 0 aliphatic carbocycles. The lowest BCUT2D eigenvalue weighted by Gasteiger charge is -2.12. The quantitative estimate of drug-likeness (QED) is 0.553. The minimum absolute atomic E-state index is 0.0500. The van der Waals surface area contributed by atoms with Gasteiger partial charge in [-0.05, 0) is 41.7 Å². The minimum Gasteiger partial charge on any atom is -0.480 e. The highest BCUT2D eigenvalue weighted by atomic mass is 16.4. The fraction of sp³-hybridized carbons (Fsp3) is 0.368. The van der Waals surface area contributed by atoms with Crippen LogP contribution in [0.25, 0.3) is 0 Å². The predicted molar refractivity (Wildman–Crippen MR) is 96.0 cm³/mol. The Morgan fingerprint density at radius 1 is 1.08 bits per heavy atom. The number of aryl methyl sites for hydroxylation is 2. The number of hydrogen-bond acceptors (Lipinski definition) is 5. The molecule has 0 spiro atoms. The van der Waals surface area contributed by atoms with E-state index in [0.717, 1.165) is 33.5 Å². The minimum atomic E-state index is -0.886. The lowest BCUT2D eigenvalue weighted by Crippen LogP contribution is -2.22. The van der Waals surface area contributed by atoms with Crippen LogP contribution in [0.3, 0.4) is 0 Å². The molecule has 0 amide bonds. The first-order valence-corrected chi connectivity index (χ1v) is 8.26. The van der Waals surface area contributed by atoms with Crippen molar-refractivity contribution in [1.29, 1.82) is 0 Å². The van der Waals surface area contributed by atoms with E-state index in [1.807, 2.05) is 31.3 Å². The molecule has 0 radical (unpaired) electrons. The lowest BCUT2D eigenvalue weighted by atomic mass is 10.0. The van der Waals surface area contributed by atoms with Gasteiger partial charge in [-0.3, -0.25) is 9.78 Å². The molecular weight excluding hydrogens is 318 g/mol. The van der Waals surface area contributed by atoms with Crippen molar-refractivity contribution in [2.24, 2.45) is 0 Å². The van der Waals surface area contributed by atoms with Crippen LogP contribution >= 0.6 is 0 Å². The van der Waals surface area contributed by atoms with Gasteiger partial charge in [0.05, 0.1) is 18.8 Å². The summed E-state index contributed by atoms with van der Waals surface area (Å²) in [6, 6.07) is 7.93. The maximum absolute atomic E-state index is 10.5. The largest absolute Gasteiger partial charge is 0.480 e. The summed E-state index contributed by atoms with van der Waals surface area (Å²) in [5, 5.41) is 24.4. The normalized spacial score (nSPS) is 10.8. The first-order chi connectivity index (χ1) is 12.0. The molecule has 134 valence electrons. The van der Waals surface area contributed by atoms with E-state index in [-0.39, 0.29) is 13.2 Å². The molecule has 1 aromatic heterocycles. The Hall–Kier alpha value is -2.28. The van der Waals surface area contributed by atoms with E-state index < -0.39 is 5.97 Å². The fourth-order valence-electron chi connectivity index (χ4n) is 2.67. The van der Waals surface area contributed by atoms with Crippen molar-refractivity contribution in [2.45, 2.75) is 40.1 Å². The Morgan fingerprint density at radius 2 is 1.88 bits per heavy atom. The number of aliphatic carboxylic acids is 1. The van der Waals surface area contributed by atoms with Gasteiger partial charge in [0.25, 0.3) is 0 Å². The molecule has 0 aliphatic heterocycles. The summed E-state index contributed by atoms with van der Waals surface area (Å²) >= 11 is 0. The number of nitrogens with zero attached hydrogens (tertiary/aromatic N) is 1. The third kappa shape index (κ3) is 5.94. The SMILES string of the molecule is Cc1cnc(CNCc2ccc(CNCC(=O)O)cc2CO)c(C)c1. The number of carboxylic acids is 1. The van der Waals surface area contributed by atoms with Gasteiger partial charge in [-0.1, -0.05) is 24.3 Å². The second-order valence-electron chi connectivity index (χ2n) is 6.14. The molecule has 6 heteroatoms. The summed E-state index contributed by atoms with van der Waals surface area (Å²) in [7, 11) is 0. The van der Waals surface area contributed by atoms with Crippen LogP contribution in [0, 0.1) is 13.8 Å². The van der Waals surface area contributed by atoms with Crippen LogP contribution in [-0.2, 0) is 31.0 Å². The van der Waals surface area contributed by atoms with Gasteiger partial charge in [-0.25, -0.2) is 0 Å². The van der Waals surface area contributed by atoms with Gasteiger partial charge in [-0.15, -0.1) is 0 Å². The van der Waals surface area contributed by atoms with E-state index in [4.69, 9.17) is 5.11 Å². The Balaban J connectivity index is 1.93. The number of aliphatic hydroxyl groups is 1. The smallest absolute Gasteiger partial charge is 0.317 e. The molecule has 0 fully saturated rings. The molecule has 2 aromatic rings. The molecule has 0 saturated heterocycles. The van der Waals surface area contributed by atoms with Crippen molar-refractivity contribution in [3.63, 3.8) is 0 Å². The number of carbonyl (C=O) groups is 1. The van der Waals surface area contributed by atoms with Gasteiger partial charge in [0.2, 0.25) is 0 Å². The van der Waals surface area contributed by atoms with Gasteiger partial charge in [0, 0.05) is 25.8 Å². The standard InChI is InChI=1S/C19H25N3O3/c1-13-5-14(2)18(22-7-13)10-21-9-16-4-3-15(6-17(16)12-23)8-20-11-19(24)25/h3-7,20-21,23H,8-12H2,1-2H3,(H,24,25).